The lowest BCUT2D eigenvalue weighted by Gasteiger charge is -2.29. The molecule has 0 atom stereocenters. The van der Waals surface area contributed by atoms with Crippen molar-refractivity contribution in [1.82, 2.24) is 5.32 Å². The van der Waals surface area contributed by atoms with Gasteiger partial charge in [0.15, 0.2) is 0 Å². The fourth-order valence-corrected chi connectivity index (χ4v) is 2.20. The fourth-order valence-electron chi connectivity index (χ4n) is 2.20. The van der Waals surface area contributed by atoms with Crippen LogP contribution in [0.2, 0.25) is 0 Å². The van der Waals surface area contributed by atoms with Gasteiger partial charge in [0.05, 0.1) is 5.54 Å². The first-order chi connectivity index (χ1) is 8.54. The highest BCUT2D eigenvalue weighted by Crippen LogP contribution is 2.26. The zero-order chi connectivity index (χ0) is 14.8. The molecule has 0 unspecified atom stereocenters. The molecule has 0 spiro atoms. The van der Waals surface area contributed by atoms with Gasteiger partial charge in [-0.3, -0.25) is 4.79 Å². The van der Waals surface area contributed by atoms with Gasteiger partial charge in [0.1, 0.15) is 0 Å². The van der Waals surface area contributed by atoms with E-state index in [0.29, 0.717) is 6.54 Å². The first kappa shape index (κ1) is 15.7. The molecule has 1 amide bonds. The molecule has 0 aliphatic carbocycles. The second kappa shape index (κ2) is 5.33. The van der Waals surface area contributed by atoms with Crippen LogP contribution in [0.4, 0.5) is 0 Å². The minimum Gasteiger partial charge on any atom is -0.354 e. The molecule has 3 nitrogen and oxygen atoms in total. The molecular formula is C16H26N2O. The topological polar surface area (TPSA) is 55.1 Å². The number of carbonyl (C=O) groups is 1. The summed E-state index contributed by atoms with van der Waals surface area (Å²) in [6.07, 6.45) is 0. The smallest absolute Gasteiger partial charge is 0.239 e. The van der Waals surface area contributed by atoms with Crippen LogP contribution >= 0.6 is 0 Å². The molecule has 0 saturated heterocycles. The fraction of sp³-hybridized carbons (Fsp3) is 0.562. The minimum absolute atomic E-state index is 0.112. The first-order valence-electron chi connectivity index (χ1n) is 6.69. The quantitative estimate of drug-likeness (QED) is 0.875. The van der Waals surface area contributed by atoms with Crippen molar-refractivity contribution in [2.75, 3.05) is 6.54 Å². The van der Waals surface area contributed by atoms with Crippen molar-refractivity contribution in [3.05, 3.63) is 34.9 Å². The van der Waals surface area contributed by atoms with Crippen molar-refractivity contribution < 1.29 is 4.79 Å². The summed E-state index contributed by atoms with van der Waals surface area (Å²) in [5, 5.41) is 2.94. The van der Waals surface area contributed by atoms with Crippen LogP contribution in [0.3, 0.4) is 0 Å². The van der Waals surface area contributed by atoms with E-state index >= 15 is 0 Å². The lowest BCUT2D eigenvalue weighted by atomic mass is 9.81. The van der Waals surface area contributed by atoms with Crippen LogP contribution in [0.15, 0.2) is 18.2 Å². The molecule has 0 saturated carbocycles. The number of rotatable bonds is 4. The van der Waals surface area contributed by atoms with Gasteiger partial charge in [-0.25, -0.2) is 0 Å². The van der Waals surface area contributed by atoms with Crippen LogP contribution in [0.5, 0.6) is 0 Å². The Hall–Kier alpha value is -1.35. The highest BCUT2D eigenvalue weighted by molar-refractivity contribution is 5.85. The van der Waals surface area contributed by atoms with Gasteiger partial charge in [-0.15, -0.1) is 0 Å². The third kappa shape index (κ3) is 4.06. The number of aryl methyl sites for hydroxylation is 2. The Balaban J connectivity index is 2.84. The van der Waals surface area contributed by atoms with Gasteiger partial charge in [0, 0.05) is 12.0 Å². The predicted molar refractivity (Wildman–Crippen MR) is 80.2 cm³/mol. The highest BCUT2D eigenvalue weighted by atomic mass is 16.2. The van der Waals surface area contributed by atoms with E-state index in [1.807, 2.05) is 0 Å². The number of nitrogens with two attached hydrogens (primary N) is 1. The lowest BCUT2D eigenvalue weighted by Crippen LogP contribution is -2.51. The molecule has 0 aromatic heterocycles. The molecule has 1 aromatic rings. The molecule has 0 aliphatic heterocycles. The van der Waals surface area contributed by atoms with E-state index in [-0.39, 0.29) is 11.3 Å². The van der Waals surface area contributed by atoms with E-state index in [2.05, 4.69) is 51.2 Å². The second-order valence-electron chi connectivity index (χ2n) is 6.61. The van der Waals surface area contributed by atoms with Crippen LogP contribution in [0, 0.1) is 13.8 Å². The monoisotopic (exact) mass is 262 g/mol. The minimum atomic E-state index is -0.835. The van der Waals surface area contributed by atoms with E-state index in [1.54, 1.807) is 13.8 Å². The summed E-state index contributed by atoms with van der Waals surface area (Å²) in [5.74, 6) is -0.120. The summed E-state index contributed by atoms with van der Waals surface area (Å²) in [6.45, 7) is 12.5. The molecule has 19 heavy (non-hydrogen) atoms. The summed E-state index contributed by atoms with van der Waals surface area (Å²) in [4.78, 5) is 11.8. The molecule has 0 radical (unpaired) electrons. The summed E-state index contributed by atoms with van der Waals surface area (Å²) in [5.41, 5.74) is 8.60. The van der Waals surface area contributed by atoms with Crippen molar-refractivity contribution in [1.29, 1.82) is 0 Å². The van der Waals surface area contributed by atoms with Gasteiger partial charge in [0.2, 0.25) is 5.91 Å². The van der Waals surface area contributed by atoms with E-state index in [9.17, 15) is 4.79 Å². The van der Waals surface area contributed by atoms with Crippen molar-refractivity contribution in [2.24, 2.45) is 5.73 Å². The number of hydrogen-bond donors (Lipinski definition) is 2. The normalized spacial score (nSPS) is 12.4. The average Bonchev–Trinajstić information content (AvgIpc) is 2.24. The summed E-state index contributed by atoms with van der Waals surface area (Å²) in [6, 6.07) is 6.43. The Morgan fingerprint density at radius 3 is 2.26 bits per heavy atom. The Morgan fingerprint density at radius 2 is 1.79 bits per heavy atom. The van der Waals surface area contributed by atoms with Crippen molar-refractivity contribution in [3.8, 4) is 0 Å². The van der Waals surface area contributed by atoms with Crippen LogP contribution in [0.25, 0.3) is 0 Å². The molecule has 1 rings (SSSR count). The Morgan fingerprint density at radius 1 is 1.21 bits per heavy atom. The predicted octanol–water partition coefficient (Wildman–Crippen LogP) is 2.43. The van der Waals surface area contributed by atoms with Crippen LogP contribution in [0.1, 0.15) is 44.4 Å². The second-order valence-corrected chi connectivity index (χ2v) is 6.61. The third-order valence-electron chi connectivity index (χ3n) is 3.39. The van der Waals surface area contributed by atoms with Crippen LogP contribution in [-0.4, -0.2) is 18.0 Å². The van der Waals surface area contributed by atoms with Gasteiger partial charge >= 0.3 is 0 Å². The Kier molecular flexibility index (Phi) is 4.41. The van der Waals surface area contributed by atoms with E-state index in [1.165, 1.54) is 16.7 Å². The number of benzene rings is 1. The molecule has 0 heterocycles. The van der Waals surface area contributed by atoms with Gasteiger partial charge in [-0.05, 0) is 38.8 Å². The Labute approximate surface area is 116 Å². The number of hydrogen-bond acceptors (Lipinski definition) is 2. The van der Waals surface area contributed by atoms with E-state index in [4.69, 9.17) is 5.73 Å². The van der Waals surface area contributed by atoms with Gasteiger partial charge in [-0.2, -0.15) is 0 Å². The van der Waals surface area contributed by atoms with E-state index in [0.717, 1.165) is 0 Å². The molecule has 0 bridgehead atoms. The van der Waals surface area contributed by atoms with Gasteiger partial charge in [-0.1, -0.05) is 37.6 Å². The Bertz CT molecular complexity index is 470. The maximum Gasteiger partial charge on any atom is 0.239 e. The molecular weight excluding hydrogens is 236 g/mol. The third-order valence-corrected chi connectivity index (χ3v) is 3.39. The molecule has 0 fully saturated rings. The summed E-state index contributed by atoms with van der Waals surface area (Å²) in [7, 11) is 0. The summed E-state index contributed by atoms with van der Waals surface area (Å²) < 4.78 is 0. The van der Waals surface area contributed by atoms with Crippen LogP contribution < -0.4 is 11.1 Å². The number of carbonyl (C=O) groups excluding carboxylic acids is 1. The molecule has 0 aliphatic rings. The van der Waals surface area contributed by atoms with Crippen molar-refractivity contribution in [2.45, 2.75) is 52.5 Å². The highest BCUT2D eigenvalue weighted by Gasteiger charge is 2.27. The zero-order valence-electron chi connectivity index (χ0n) is 12.9. The average molecular weight is 262 g/mol. The first-order valence-corrected chi connectivity index (χ1v) is 6.69. The molecule has 3 heteroatoms. The zero-order valence-corrected chi connectivity index (χ0v) is 12.9. The molecule has 1 aromatic carbocycles. The molecule has 3 N–H and O–H groups in total. The largest absolute Gasteiger partial charge is 0.354 e. The SMILES string of the molecule is Cc1ccc(C(C)(C)CNC(=O)C(C)(C)N)c(C)c1. The number of amides is 1. The summed E-state index contributed by atoms with van der Waals surface area (Å²) >= 11 is 0. The maximum absolute atomic E-state index is 11.8. The van der Waals surface area contributed by atoms with Crippen molar-refractivity contribution >= 4 is 5.91 Å². The van der Waals surface area contributed by atoms with Crippen LogP contribution in [-0.2, 0) is 10.2 Å². The lowest BCUT2D eigenvalue weighted by molar-refractivity contribution is -0.125. The standard InChI is InChI=1S/C16H26N2O/c1-11-7-8-13(12(2)9-11)15(3,4)10-18-14(19)16(5,6)17/h7-9H,10,17H2,1-6H3,(H,18,19). The van der Waals surface area contributed by atoms with Gasteiger partial charge in [0.25, 0.3) is 0 Å². The molecule has 106 valence electrons. The van der Waals surface area contributed by atoms with E-state index < -0.39 is 5.54 Å². The number of nitrogens with one attached hydrogen (secondary N) is 1. The van der Waals surface area contributed by atoms with Gasteiger partial charge < -0.3 is 11.1 Å². The maximum atomic E-state index is 11.8. The van der Waals surface area contributed by atoms with Crippen molar-refractivity contribution in [3.63, 3.8) is 0 Å².